The highest BCUT2D eigenvalue weighted by molar-refractivity contribution is 6.31. The van der Waals surface area contributed by atoms with Gasteiger partial charge in [0.25, 0.3) is 0 Å². The summed E-state index contributed by atoms with van der Waals surface area (Å²) in [4.78, 5) is 3.92. The number of rotatable bonds is 3. The maximum atomic E-state index is 10.6. The lowest BCUT2D eigenvalue weighted by atomic mass is 9.85. The second kappa shape index (κ2) is 6.00. The van der Waals surface area contributed by atoms with Crippen LogP contribution in [0, 0.1) is 0 Å². The Kier molecular flexibility index (Phi) is 4.60. The van der Waals surface area contributed by atoms with E-state index in [0.717, 1.165) is 31.2 Å². The second-order valence-electron chi connectivity index (χ2n) is 5.20. The van der Waals surface area contributed by atoms with E-state index in [4.69, 9.17) is 11.6 Å². The molecule has 1 aliphatic rings. The summed E-state index contributed by atoms with van der Waals surface area (Å²) >= 11 is 6.03. The Bertz CT molecular complexity index is 389. The van der Waals surface area contributed by atoms with Crippen molar-refractivity contribution in [1.29, 1.82) is 0 Å². The summed E-state index contributed by atoms with van der Waals surface area (Å²) in [6.07, 6.45) is 8.47. The van der Waals surface area contributed by atoms with Crippen molar-refractivity contribution in [2.75, 3.05) is 0 Å². The van der Waals surface area contributed by atoms with Gasteiger partial charge in [0.2, 0.25) is 0 Å². The van der Waals surface area contributed by atoms with Crippen molar-refractivity contribution < 1.29 is 10.2 Å². The van der Waals surface area contributed by atoms with Crippen molar-refractivity contribution in [2.45, 2.75) is 56.7 Å². The summed E-state index contributed by atoms with van der Waals surface area (Å²) < 4.78 is 0. The minimum Gasteiger partial charge on any atom is -0.390 e. The third kappa shape index (κ3) is 3.22. The Hall–Kier alpha value is -0.640. The lowest BCUT2D eigenvalue weighted by Gasteiger charge is -2.32. The number of hydrogen-bond donors (Lipinski definition) is 2. The maximum Gasteiger partial charge on any atom is 0.0908 e. The third-order valence-electron chi connectivity index (χ3n) is 3.86. The van der Waals surface area contributed by atoms with Crippen molar-refractivity contribution in [2.24, 2.45) is 0 Å². The van der Waals surface area contributed by atoms with Crippen LogP contribution in [0.4, 0.5) is 0 Å². The number of nitrogens with zero attached hydrogens (tertiary/aromatic N) is 1. The molecule has 0 aromatic carbocycles. The average Bonchev–Trinajstić information content (AvgIpc) is 2.58. The Morgan fingerprint density at radius 1 is 1.28 bits per heavy atom. The van der Waals surface area contributed by atoms with Crippen LogP contribution in [0.1, 0.15) is 44.1 Å². The first kappa shape index (κ1) is 13.8. The number of hydrogen-bond acceptors (Lipinski definition) is 3. The van der Waals surface area contributed by atoms with Crippen molar-refractivity contribution in [3.05, 3.63) is 29.0 Å². The molecule has 0 spiro atoms. The van der Waals surface area contributed by atoms with E-state index in [0.29, 0.717) is 24.3 Å². The van der Waals surface area contributed by atoms with Crippen LogP contribution in [0.3, 0.4) is 0 Å². The van der Waals surface area contributed by atoms with Gasteiger partial charge in [-0.3, -0.25) is 4.98 Å². The minimum atomic E-state index is -0.955. The van der Waals surface area contributed by atoms with E-state index in [-0.39, 0.29) is 0 Å². The number of aliphatic hydroxyl groups is 2. The van der Waals surface area contributed by atoms with Crippen molar-refractivity contribution in [3.63, 3.8) is 0 Å². The molecule has 1 atom stereocenters. The Morgan fingerprint density at radius 3 is 2.56 bits per heavy atom. The highest BCUT2D eigenvalue weighted by Gasteiger charge is 2.35. The van der Waals surface area contributed by atoms with E-state index in [1.54, 1.807) is 18.5 Å². The Morgan fingerprint density at radius 2 is 1.94 bits per heavy atom. The molecule has 0 aliphatic heterocycles. The molecule has 1 unspecified atom stereocenters. The zero-order valence-corrected chi connectivity index (χ0v) is 11.2. The highest BCUT2D eigenvalue weighted by atomic mass is 35.5. The van der Waals surface area contributed by atoms with Gasteiger partial charge in [0.05, 0.1) is 16.7 Å². The van der Waals surface area contributed by atoms with Crippen LogP contribution in [0.25, 0.3) is 0 Å². The average molecular weight is 270 g/mol. The van der Waals surface area contributed by atoms with Crippen LogP contribution in [-0.4, -0.2) is 26.9 Å². The molecule has 0 amide bonds. The molecule has 1 saturated carbocycles. The summed E-state index contributed by atoms with van der Waals surface area (Å²) in [5.74, 6) is 0. The van der Waals surface area contributed by atoms with E-state index in [1.807, 2.05) is 0 Å². The molecule has 100 valence electrons. The van der Waals surface area contributed by atoms with Crippen molar-refractivity contribution in [1.82, 2.24) is 4.98 Å². The maximum absolute atomic E-state index is 10.6. The van der Waals surface area contributed by atoms with Crippen LogP contribution >= 0.6 is 11.6 Å². The summed E-state index contributed by atoms with van der Waals surface area (Å²) in [7, 11) is 0. The summed E-state index contributed by atoms with van der Waals surface area (Å²) in [5, 5.41) is 21.4. The molecule has 4 heteroatoms. The quantitative estimate of drug-likeness (QED) is 0.830. The zero-order chi connectivity index (χ0) is 13.0. The second-order valence-corrected chi connectivity index (χ2v) is 5.61. The van der Waals surface area contributed by atoms with Gasteiger partial charge >= 0.3 is 0 Å². The monoisotopic (exact) mass is 269 g/mol. The predicted molar refractivity (Wildman–Crippen MR) is 71.6 cm³/mol. The van der Waals surface area contributed by atoms with Gasteiger partial charge in [-0.2, -0.15) is 0 Å². The van der Waals surface area contributed by atoms with Crippen molar-refractivity contribution in [3.8, 4) is 0 Å². The molecule has 0 bridgehead atoms. The summed E-state index contributed by atoms with van der Waals surface area (Å²) in [6, 6.07) is 1.80. The normalized spacial score (nSPS) is 21.3. The van der Waals surface area contributed by atoms with Crippen LogP contribution < -0.4 is 0 Å². The fourth-order valence-corrected chi connectivity index (χ4v) is 2.84. The molecule has 1 aromatic rings. The van der Waals surface area contributed by atoms with Gasteiger partial charge in [-0.15, -0.1) is 0 Å². The van der Waals surface area contributed by atoms with Crippen LogP contribution in [-0.2, 0) is 6.42 Å². The van der Waals surface area contributed by atoms with E-state index >= 15 is 0 Å². The summed E-state index contributed by atoms with van der Waals surface area (Å²) in [5.41, 5.74) is -0.111. The molecular formula is C14H20ClNO2. The predicted octanol–water partition coefficient (Wildman–Crippen LogP) is 2.72. The molecule has 3 nitrogen and oxygen atoms in total. The number of aromatic nitrogens is 1. The first-order valence-corrected chi connectivity index (χ1v) is 6.98. The zero-order valence-electron chi connectivity index (χ0n) is 10.5. The molecule has 1 heterocycles. The van der Waals surface area contributed by atoms with E-state index in [9.17, 15) is 10.2 Å². The van der Waals surface area contributed by atoms with Gasteiger partial charge in [-0.25, -0.2) is 0 Å². The molecule has 1 fully saturated rings. The van der Waals surface area contributed by atoms with Gasteiger partial charge < -0.3 is 10.2 Å². The molecule has 0 radical (unpaired) electrons. The minimum absolute atomic E-state index is 0.387. The van der Waals surface area contributed by atoms with E-state index in [1.165, 1.54) is 0 Å². The fourth-order valence-electron chi connectivity index (χ4n) is 2.64. The molecule has 1 aliphatic carbocycles. The van der Waals surface area contributed by atoms with Crippen molar-refractivity contribution >= 4 is 11.6 Å². The highest BCUT2D eigenvalue weighted by Crippen LogP contribution is 2.32. The number of aliphatic hydroxyl groups excluding tert-OH is 1. The SMILES string of the molecule is OC(Cc1ccncc1Cl)C1(O)CCCCCC1. The summed E-state index contributed by atoms with van der Waals surface area (Å²) in [6.45, 7) is 0. The van der Waals surface area contributed by atoms with Gasteiger partial charge in [-0.1, -0.05) is 37.3 Å². The Labute approximate surface area is 113 Å². The molecule has 2 N–H and O–H groups in total. The molecular weight excluding hydrogens is 250 g/mol. The van der Waals surface area contributed by atoms with E-state index in [2.05, 4.69) is 4.98 Å². The number of halogens is 1. The van der Waals surface area contributed by atoms with Crippen LogP contribution in [0.15, 0.2) is 18.5 Å². The van der Waals surface area contributed by atoms with E-state index < -0.39 is 11.7 Å². The number of pyridine rings is 1. The third-order valence-corrected chi connectivity index (χ3v) is 4.20. The molecule has 18 heavy (non-hydrogen) atoms. The van der Waals surface area contributed by atoms with Crippen LogP contribution in [0.2, 0.25) is 5.02 Å². The molecule has 1 aromatic heterocycles. The van der Waals surface area contributed by atoms with Gasteiger partial charge in [0.1, 0.15) is 0 Å². The fraction of sp³-hybridized carbons (Fsp3) is 0.643. The lowest BCUT2D eigenvalue weighted by Crippen LogP contribution is -2.43. The lowest BCUT2D eigenvalue weighted by molar-refractivity contribution is -0.0836. The van der Waals surface area contributed by atoms with Gasteiger partial charge in [0, 0.05) is 18.8 Å². The largest absolute Gasteiger partial charge is 0.390 e. The van der Waals surface area contributed by atoms with Crippen LogP contribution in [0.5, 0.6) is 0 Å². The first-order chi connectivity index (χ1) is 8.62. The smallest absolute Gasteiger partial charge is 0.0908 e. The standard InChI is InChI=1S/C14H20ClNO2/c15-12-10-16-8-5-11(12)9-13(17)14(18)6-3-1-2-4-7-14/h5,8,10,13,17-18H,1-4,6-7,9H2. The Balaban J connectivity index is 2.06. The van der Waals surface area contributed by atoms with Gasteiger partial charge in [0.15, 0.2) is 0 Å². The van der Waals surface area contributed by atoms with Gasteiger partial charge in [-0.05, 0) is 24.5 Å². The molecule has 2 rings (SSSR count). The first-order valence-electron chi connectivity index (χ1n) is 6.61. The topological polar surface area (TPSA) is 53.4 Å². The molecule has 0 saturated heterocycles.